The maximum Gasteiger partial charge on any atom is 0.245 e. The van der Waals surface area contributed by atoms with E-state index in [1.165, 1.54) is 36.6 Å². The van der Waals surface area contributed by atoms with Gasteiger partial charge >= 0.3 is 0 Å². The molecule has 2 aromatic carbocycles. The van der Waals surface area contributed by atoms with E-state index in [0.717, 1.165) is 14.7 Å². The summed E-state index contributed by atoms with van der Waals surface area (Å²) in [6.07, 6.45) is 0.397. The highest BCUT2D eigenvalue weighted by Crippen LogP contribution is 2.33. The molecule has 0 spiro atoms. The Kier molecular flexibility index (Phi) is 9.33. The molecule has 0 aliphatic carbocycles. The Labute approximate surface area is 230 Å². The van der Waals surface area contributed by atoms with Gasteiger partial charge in [-0.15, -0.1) is 11.3 Å². The van der Waals surface area contributed by atoms with Crippen molar-refractivity contribution in [3.05, 3.63) is 74.4 Å². The van der Waals surface area contributed by atoms with Gasteiger partial charge in [0.25, 0.3) is 0 Å². The average Bonchev–Trinajstić information content (AvgIpc) is 3.56. The van der Waals surface area contributed by atoms with E-state index in [4.69, 9.17) is 37.4 Å². The van der Waals surface area contributed by atoms with Crippen LogP contribution >= 0.6 is 34.5 Å². The summed E-state index contributed by atoms with van der Waals surface area (Å²) >= 11 is 13.8. The Morgan fingerprint density at radius 3 is 2.65 bits per heavy atom. The van der Waals surface area contributed by atoms with Crippen LogP contribution in [-0.4, -0.2) is 57.1 Å². The standard InChI is InChI=1S/C25H26Cl2N2O6S2/c1-33-10-3-9-29(37(31,32)24-13-19(26)6-7-21(24)27)16-25(30)28(15-20-4-2-11-36-20)14-18-5-8-22-23(12-18)35-17-34-22/h2,4-8,11-13H,3,9-10,14-17H2,1H3. The first kappa shape index (κ1) is 27.7. The topological polar surface area (TPSA) is 85.4 Å². The quantitative estimate of drug-likeness (QED) is 0.277. The van der Waals surface area contributed by atoms with Crippen LogP contribution in [-0.2, 0) is 32.6 Å². The number of ether oxygens (including phenoxy) is 3. The molecule has 1 aromatic heterocycles. The van der Waals surface area contributed by atoms with Crippen molar-refractivity contribution in [2.75, 3.05) is 33.6 Å². The molecule has 0 unspecified atom stereocenters. The number of sulfonamides is 1. The van der Waals surface area contributed by atoms with Gasteiger partial charge in [0.1, 0.15) is 4.90 Å². The minimum absolute atomic E-state index is 0.0318. The summed E-state index contributed by atoms with van der Waals surface area (Å²) in [5, 5.41) is 2.19. The molecular formula is C25H26Cl2N2O6S2. The van der Waals surface area contributed by atoms with E-state index in [9.17, 15) is 13.2 Å². The molecule has 0 fully saturated rings. The van der Waals surface area contributed by atoms with Gasteiger partial charge in [-0.3, -0.25) is 4.79 Å². The van der Waals surface area contributed by atoms with Crippen molar-refractivity contribution in [1.82, 2.24) is 9.21 Å². The van der Waals surface area contributed by atoms with Gasteiger partial charge in [0.15, 0.2) is 11.5 Å². The second-order valence-electron chi connectivity index (χ2n) is 8.28. The lowest BCUT2D eigenvalue weighted by Crippen LogP contribution is -2.43. The van der Waals surface area contributed by atoms with Gasteiger partial charge in [0.05, 0.1) is 18.1 Å². The molecule has 0 bridgehead atoms. The summed E-state index contributed by atoms with van der Waals surface area (Å²) in [5.74, 6) is 0.902. The molecule has 1 aliphatic rings. The molecule has 0 N–H and O–H groups in total. The summed E-state index contributed by atoms with van der Waals surface area (Å²) in [7, 11) is -2.59. The Morgan fingerprint density at radius 2 is 1.89 bits per heavy atom. The Morgan fingerprint density at radius 1 is 1.08 bits per heavy atom. The molecular weight excluding hydrogens is 559 g/mol. The number of benzene rings is 2. The molecule has 0 radical (unpaired) electrons. The largest absolute Gasteiger partial charge is 0.454 e. The van der Waals surface area contributed by atoms with Crippen LogP contribution in [0.4, 0.5) is 0 Å². The number of carbonyl (C=O) groups excluding carboxylic acids is 1. The van der Waals surface area contributed by atoms with Gasteiger partial charge in [-0.05, 0) is 53.8 Å². The molecule has 12 heteroatoms. The summed E-state index contributed by atoms with van der Waals surface area (Å²) in [4.78, 5) is 16.1. The van der Waals surface area contributed by atoms with Crippen LogP contribution < -0.4 is 9.47 Å². The maximum absolute atomic E-state index is 13.7. The van der Waals surface area contributed by atoms with Crippen LogP contribution in [0.15, 0.2) is 58.8 Å². The van der Waals surface area contributed by atoms with Crippen LogP contribution in [0.5, 0.6) is 11.5 Å². The molecule has 1 aliphatic heterocycles. The van der Waals surface area contributed by atoms with E-state index in [1.807, 2.05) is 29.6 Å². The van der Waals surface area contributed by atoms with Crippen LogP contribution in [0.3, 0.4) is 0 Å². The first-order valence-corrected chi connectivity index (χ1v) is 14.5. The fourth-order valence-electron chi connectivity index (χ4n) is 3.82. The number of carbonyl (C=O) groups is 1. The minimum Gasteiger partial charge on any atom is -0.454 e. The number of methoxy groups -OCH3 is 1. The molecule has 198 valence electrons. The second-order valence-corrected chi connectivity index (χ2v) is 12.1. The van der Waals surface area contributed by atoms with Gasteiger partial charge in [-0.2, -0.15) is 4.31 Å². The van der Waals surface area contributed by atoms with Gasteiger partial charge in [0.2, 0.25) is 22.7 Å². The molecule has 0 saturated heterocycles. The normalized spacial score (nSPS) is 12.8. The van der Waals surface area contributed by atoms with Gasteiger partial charge in [-0.1, -0.05) is 35.3 Å². The van der Waals surface area contributed by atoms with Crippen LogP contribution in [0.1, 0.15) is 16.9 Å². The minimum atomic E-state index is -4.13. The number of amides is 1. The number of fused-ring (bicyclic) bond motifs is 1. The zero-order valence-corrected chi connectivity index (χ0v) is 23.2. The lowest BCUT2D eigenvalue weighted by molar-refractivity contribution is -0.132. The third kappa shape index (κ3) is 6.95. The fourth-order valence-corrected chi connectivity index (χ4v) is 6.70. The van der Waals surface area contributed by atoms with E-state index in [1.54, 1.807) is 11.0 Å². The number of hydrogen-bond donors (Lipinski definition) is 0. The number of nitrogens with zero attached hydrogens (tertiary/aromatic N) is 2. The Hall–Kier alpha value is -2.34. The Balaban J connectivity index is 1.60. The van der Waals surface area contributed by atoms with E-state index in [-0.39, 0.29) is 47.3 Å². The predicted octanol–water partition coefficient (Wildman–Crippen LogP) is 5.04. The van der Waals surface area contributed by atoms with Crippen molar-refractivity contribution < 1.29 is 27.4 Å². The monoisotopic (exact) mass is 584 g/mol. The SMILES string of the molecule is COCCCN(CC(=O)N(Cc1ccc2c(c1)OCO2)Cc1cccs1)S(=O)(=O)c1cc(Cl)ccc1Cl. The molecule has 4 rings (SSSR count). The summed E-state index contributed by atoms with van der Waals surface area (Å²) < 4.78 is 44.3. The zero-order valence-electron chi connectivity index (χ0n) is 20.1. The number of halogens is 2. The maximum atomic E-state index is 13.7. The second kappa shape index (κ2) is 12.5. The van der Waals surface area contributed by atoms with Crippen molar-refractivity contribution in [1.29, 1.82) is 0 Å². The van der Waals surface area contributed by atoms with Gasteiger partial charge in [-0.25, -0.2) is 8.42 Å². The highest BCUT2D eigenvalue weighted by atomic mass is 35.5. The Bertz CT molecular complexity index is 1330. The lowest BCUT2D eigenvalue weighted by Gasteiger charge is -2.27. The third-order valence-corrected chi connectivity index (χ3v) is 9.09. The van der Waals surface area contributed by atoms with Crippen molar-refractivity contribution in [2.24, 2.45) is 0 Å². The summed E-state index contributed by atoms with van der Waals surface area (Å²) in [5.41, 5.74) is 0.834. The van der Waals surface area contributed by atoms with Crippen LogP contribution in [0.2, 0.25) is 10.0 Å². The zero-order chi connectivity index (χ0) is 26.4. The van der Waals surface area contributed by atoms with Gasteiger partial charge < -0.3 is 19.1 Å². The van der Waals surface area contributed by atoms with E-state index in [0.29, 0.717) is 31.1 Å². The number of thiophene rings is 1. The first-order valence-electron chi connectivity index (χ1n) is 11.4. The van der Waals surface area contributed by atoms with Gasteiger partial charge in [0, 0.05) is 36.7 Å². The molecule has 2 heterocycles. The predicted molar refractivity (Wildman–Crippen MR) is 143 cm³/mol. The van der Waals surface area contributed by atoms with E-state index >= 15 is 0 Å². The average molecular weight is 586 g/mol. The molecule has 3 aromatic rings. The molecule has 37 heavy (non-hydrogen) atoms. The fraction of sp³-hybridized carbons (Fsp3) is 0.320. The number of rotatable bonds is 12. The van der Waals surface area contributed by atoms with Crippen LogP contribution in [0.25, 0.3) is 0 Å². The number of hydrogen-bond acceptors (Lipinski definition) is 7. The highest BCUT2D eigenvalue weighted by molar-refractivity contribution is 7.89. The summed E-state index contributed by atoms with van der Waals surface area (Å²) in [6, 6.07) is 13.6. The van der Waals surface area contributed by atoms with Crippen molar-refractivity contribution in [3.8, 4) is 11.5 Å². The molecule has 8 nitrogen and oxygen atoms in total. The lowest BCUT2D eigenvalue weighted by atomic mass is 10.2. The molecule has 1 amide bonds. The third-order valence-electron chi connectivity index (χ3n) is 5.67. The summed E-state index contributed by atoms with van der Waals surface area (Å²) in [6.45, 7) is 0.773. The molecule has 0 saturated carbocycles. The van der Waals surface area contributed by atoms with Crippen molar-refractivity contribution in [2.45, 2.75) is 24.4 Å². The van der Waals surface area contributed by atoms with Crippen molar-refractivity contribution in [3.63, 3.8) is 0 Å². The first-order chi connectivity index (χ1) is 17.8. The highest BCUT2D eigenvalue weighted by Gasteiger charge is 2.30. The van der Waals surface area contributed by atoms with E-state index in [2.05, 4.69) is 0 Å². The van der Waals surface area contributed by atoms with Crippen LogP contribution in [0, 0.1) is 0 Å². The smallest absolute Gasteiger partial charge is 0.245 e. The van der Waals surface area contributed by atoms with Crippen molar-refractivity contribution >= 4 is 50.5 Å². The van der Waals surface area contributed by atoms with E-state index < -0.39 is 10.0 Å². The molecule has 0 atom stereocenters.